The van der Waals surface area contributed by atoms with Crippen LogP contribution in [0, 0.1) is 0 Å². The minimum Gasteiger partial charge on any atom is -0.352 e. The Balaban J connectivity index is 4.00. The summed E-state index contributed by atoms with van der Waals surface area (Å²) in [4.78, 5) is 11.8. The highest BCUT2D eigenvalue weighted by atomic mass is 32.2. The first-order chi connectivity index (χ1) is 6.94. The van der Waals surface area contributed by atoms with E-state index >= 15 is 0 Å². The number of hydrogen-bond acceptors (Lipinski definition) is 3. The first kappa shape index (κ1) is 14.8. The molecule has 0 aliphatic rings. The molecule has 2 unspecified atom stereocenters. The van der Waals surface area contributed by atoms with E-state index in [-0.39, 0.29) is 11.9 Å². The molecule has 0 rings (SSSR count). The van der Waals surface area contributed by atoms with Crippen LogP contribution in [0.1, 0.15) is 40.0 Å². The molecule has 0 saturated carbocycles. The van der Waals surface area contributed by atoms with Gasteiger partial charge in [0.2, 0.25) is 5.91 Å². The lowest BCUT2D eigenvalue weighted by atomic mass is 9.96. The molecule has 90 valence electrons. The largest absolute Gasteiger partial charge is 0.352 e. The molecule has 0 aromatic heterocycles. The highest BCUT2D eigenvalue weighted by molar-refractivity contribution is 7.98. The lowest BCUT2D eigenvalue weighted by Crippen LogP contribution is -2.53. The number of hydrogen-bond donors (Lipinski definition) is 2. The fraction of sp³-hybridized carbons (Fsp3) is 0.909. The number of rotatable bonds is 7. The average Bonchev–Trinajstić information content (AvgIpc) is 2.14. The van der Waals surface area contributed by atoms with Crippen LogP contribution in [0.5, 0.6) is 0 Å². The molecule has 0 spiro atoms. The second-order valence-electron chi connectivity index (χ2n) is 4.32. The van der Waals surface area contributed by atoms with Crippen LogP contribution in [-0.4, -0.2) is 29.5 Å². The summed E-state index contributed by atoms with van der Waals surface area (Å²) in [7, 11) is 0. The number of nitrogens with two attached hydrogens (primary N) is 1. The van der Waals surface area contributed by atoms with Crippen molar-refractivity contribution in [2.24, 2.45) is 5.73 Å². The van der Waals surface area contributed by atoms with Crippen LogP contribution in [0.15, 0.2) is 0 Å². The second-order valence-corrected chi connectivity index (χ2v) is 5.31. The lowest BCUT2D eigenvalue weighted by molar-refractivity contribution is -0.126. The van der Waals surface area contributed by atoms with Crippen molar-refractivity contribution in [2.45, 2.75) is 51.6 Å². The molecule has 0 saturated heterocycles. The Hall–Kier alpha value is -0.220. The molecule has 1 amide bonds. The van der Waals surface area contributed by atoms with Crippen molar-refractivity contribution in [3.63, 3.8) is 0 Å². The summed E-state index contributed by atoms with van der Waals surface area (Å²) in [6.45, 7) is 5.86. The molecule has 0 aliphatic heterocycles. The van der Waals surface area contributed by atoms with Gasteiger partial charge in [0.25, 0.3) is 0 Å². The molecular formula is C11H24N2OS. The van der Waals surface area contributed by atoms with Crippen LogP contribution in [0.2, 0.25) is 0 Å². The lowest BCUT2D eigenvalue weighted by Gasteiger charge is -2.25. The quantitative estimate of drug-likeness (QED) is 0.703. The molecule has 0 fully saturated rings. The summed E-state index contributed by atoms with van der Waals surface area (Å²) in [5.41, 5.74) is 5.21. The van der Waals surface area contributed by atoms with Gasteiger partial charge in [-0.25, -0.2) is 0 Å². The van der Waals surface area contributed by atoms with E-state index in [1.165, 1.54) is 0 Å². The molecule has 15 heavy (non-hydrogen) atoms. The van der Waals surface area contributed by atoms with Gasteiger partial charge >= 0.3 is 0 Å². The summed E-state index contributed by atoms with van der Waals surface area (Å²) in [6, 6.07) is 0.213. The van der Waals surface area contributed by atoms with Gasteiger partial charge in [0.15, 0.2) is 0 Å². The van der Waals surface area contributed by atoms with Crippen LogP contribution >= 0.6 is 11.8 Å². The standard InChI is InChI=1S/C11H24N2OS/c1-5-7-11(3,12)10(14)13-9(2)6-8-15-4/h9H,5-8,12H2,1-4H3,(H,13,14). The van der Waals surface area contributed by atoms with Crippen LogP contribution in [-0.2, 0) is 4.79 Å². The smallest absolute Gasteiger partial charge is 0.240 e. The van der Waals surface area contributed by atoms with Crippen molar-refractivity contribution in [3.8, 4) is 0 Å². The van der Waals surface area contributed by atoms with E-state index in [9.17, 15) is 4.79 Å². The zero-order chi connectivity index (χ0) is 11.9. The van der Waals surface area contributed by atoms with Gasteiger partial charge < -0.3 is 11.1 Å². The van der Waals surface area contributed by atoms with Crippen LogP contribution in [0.25, 0.3) is 0 Å². The SMILES string of the molecule is CCCC(C)(N)C(=O)NC(C)CCSC. The normalized spacial score (nSPS) is 16.9. The molecule has 2 atom stereocenters. The van der Waals surface area contributed by atoms with E-state index in [1.54, 1.807) is 18.7 Å². The van der Waals surface area contributed by atoms with Gasteiger partial charge in [0.05, 0.1) is 5.54 Å². The minimum atomic E-state index is -0.720. The van der Waals surface area contributed by atoms with Gasteiger partial charge in [-0.3, -0.25) is 4.79 Å². The molecule has 4 heteroatoms. The number of carbonyl (C=O) groups excluding carboxylic acids is 1. The Morgan fingerprint density at radius 2 is 2.20 bits per heavy atom. The van der Waals surface area contributed by atoms with Crippen molar-refractivity contribution in [3.05, 3.63) is 0 Å². The van der Waals surface area contributed by atoms with Gasteiger partial charge in [-0.15, -0.1) is 0 Å². The zero-order valence-electron chi connectivity index (χ0n) is 10.3. The van der Waals surface area contributed by atoms with Crippen molar-refractivity contribution >= 4 is 17.7 Å². The van der Waals surface area contributed by atoms with Gasteiger partial charge in [-0.05, 0) is 38.7 Å². The van der Waals surface area contributed by atoms with Crippen LogP contribution < -0.4 is 11.1 Å². The molecule has 0 heterocycles. The van der Waals surface area contributed by atoms with Gasteiger partial charge in [0, 0.05) is 6.04 Å². The number of carbonyl (C=O) groups is 1. The minimum absolute atomic E-state index is 0.0297. The third-order valence-electron chi connectivity index (χ3n) is 2.42. The first-order valence-electron chi connectivity index (χ1n) is 5.52. The molecule has 0 aliphatic carbocycles. The zero-order valence-corrected chi connectivity index (χ0v) is 11.1. The predicted octanol–water partition coefficient (Wildman–Crippen LogP) is 1.76. The number of thioether (sulfide) groups is 1. The predicted molar refractivity (Wildman–Crippen MR) is 68.1 cm³/mol. The summed E-state index contributed by atoms with van der Waals surface area (Å²) in [6.07, 6.45) is 4.72. The van der Waals surface area contributed by atoms with E-state index in [0.717, 1.165) is 25.0 Å². The molecular weight excluding hydrogens is 208 g/mol. The van der Waals surface area contributed by atoms with Gasteiger partial charge in [-0.1, -0.05) is 13.3 Å². The number of amides is 1. The average molecular weight is 232 g/mol. The Morgan fingerprint density at radius 1 is 1.60 bits per heavy atom. The Bertz CT molecular complexity index is 195. The van der Waals surface area contributed by atoms with Crippen LogP contribution in [0.3, 0.4) is 0 Å². The maximum atomic E-state index is 11.8. The highest BCUT2D eigenvalue weighted by Crippen LogP contribution is 2.09. The molecule has 0 aromatic carbocycles. The molecule has 0 radical (unpaired) electrons. The van der Waals surface area contributed by atoms with E-state index in [1.807, 2.05) is 13.8 Å². The second kappa shape index (κ2) is 7.12. The van der Waals surface area contributed by atoms with Crippen molar-refractivity contribution in [2.75, 3.05) is 12.0 Å². The van der Waals surface area contributed by atoms with Crippen molar-refractivity contribution < 1.29 is 4.79 Å². The Kier molecular flexibility index (Phi) is 7.02. The third-order valence-corrected chi connectivity index (χ3v) is 3.06. The summed E-state index contributed by atoms with van der Waals surface area (Å²) >= 11 is 1.79. The van der Waals surface area contributed by atoms with Gasteiger partial charge in [-0.2, -0.15) is 11.8 Å². The maximum absolute atomic E-state index is 11.8. The Morgan fingerprint density at radius 3 is 2.67 bits per heavy atom. The monoisotopic (exact) mass is 232 g/mol. The molecule has 0 bridgehead atoms. The van der Waals surface area contributed by atoms with E-state index in [2.05, 4.69) is 11.6 Å². The van der Waals surface area contributed by atoms with E-state index in [4.69, 9.17) is 5.73 Å². The first-order valence-corrected chi connectivity index (χ1v) is 6.92. The molecule has 0 aromatic rings. The Labute approximate surface area is 97.6 Å². The summed E-state index contributed by atoms with van der Waals surface area (Å²) in [5.74, 6) is 1.04. The van der Waals surface area contributed by atoms with E-state index < -0.39 is 5.54 Å². The number of nitrogens with one attached hydrogen (secondary N) is 1. The van der Waals surface area contributed by atoms with Gasteiger partial charge in [0.1, 0.15) is 0 Å². The highest BCUT2D eigenvalue weighted by Gasteiger charge is 2.27. The molecule has 3 nitrogen and oxygen atoms in total. The summed E-state index contributed by atoms with van der Waals surface area (Å²) < 4.78 is 0. The van der Waals surface area contributed by atoms with Crippen molar-refractivity contribution in [1.82, 2.24) is 5.32 Å². The fourth-order valence-electron chi connectivity index (χ4n) is 1.39. The topological polar surface area (TPSA) is 55.1 Å². The fourth-order valence-corrected chi connectivity index (χ4v) is 1.98. The summed E-state index contributed by atoms with van der Waals surface area (Å²) in [5, 5.41) is 2.96. The maximum Gasteiger partial charge on any atom is 0.240 e. The van der Waals surface area contributed by atoms with E-state index in [0.29, 0.717) is 0 Å². The van der Waals surface area contributed by atoms with Crippen LogP contribution in [0.4, 0.5) is 0 Å². The molecule has 3 N–H and O–H groups in total. The van der Waals surface area contributed by atoms with Crippen molar-refractivity contribution in [1.29, 1.82) is 0 Å². The third kappa shape index (κ3) is 6.05.